The molecule has 0 spiro atoms. The van der Waals surface area contributed by atoms with Gasteiger partial charge >= 0.3 is 5.97 Å². The number of aliphatic hydroxyl groups is 1. The third-order valence-electron chi connectivity index (χ3n) is 6.15. The van der Waals surface area contributed by atoms with Crippen LogP contribution in [0, 0.1) is 5.92 Å². The molecule has 1 aliphatic heterocycles. The summed E-state index contributed by atoms with van der Waals surface area (Å²) in [4.78, 5) is 26.6. The van der Waals surface area contributed by atoms with Crippen molar-refractivity contribution in [3.63, 3.8) is 0 Å². The van der Waals surface area contributed by atoms with Gasteiger partial charge in [0.2, 0.25) is 5.91 Å². The second-order valence-electron chi connectivity index (χ2n) is 8.60. The molecule has 3 unspecified atom stereocenters. The van der Waals surface area contributed by atoms with Crippen LogP contribution in [0.25, 0.3) is 0 Å². The third kappa shape index (κ3) is 7.04. The van der Waals surface area contributed by atoms with Crippen molar-refractivity contribution in [2.45, 2.75) is 64.0 Å². The fourth-order valence-electron chi connectivity index (χ4n) is 4.17. The van der Waals surface area contributed by atoms with Crippen LogP contribution in [0.3, 0.4) is 0 Å². The number of likely N-dealkylation sites (tertiary alicyclic amines) is 1. The minimum Gasteiger partial charge on any atom is -0.477 e. The maximum atomic E-state index is 12.3. The molecule has 2 aromatic rings. The van der Waals surface area contributed by atoms with Gasteiger partial charge in [-0.2, -0.15) is 0 Å². The summed E-state index contributed by atoms with van der Waals surface area (Å²) in [6.45, 7) is 2.72. The van der Waals surface area contributed by atoms with E-state index in [2.05, 4.69) is 31.2 Å². The van der Waals surface area contributed by atoms with Gasteiger partial charge in [-0.25, -0.2) is 4.79 Å². The van der Waals surface area contributed by atoms with E-state index in [1.807, 2.05) is 29.2 Å². The molecule has 0 bridgehead atoms. The average molecular weight is 456 g/mol. The molecule has 0 radical (unpaired) electrons. The fraction of sp³-hybridized carbons (Fsp3) is 0.462. The molecule has 172 valence electrons. The van der Waals surface area contributed by atoms with Gasteiger partial charge in [-0.1, -0.05) is 49.4 Å². The van der Waals surface area contributed by atoms with Crippen molar-refractivity contribution in [3.8, 4) is 0 Å². The molecular formula is C26H33NO4S. The Hall–Kier alpha value is -2.44. The van der Waals surface area contributed by atoms with E-state index in [1.165, 1.54) is 16.9 Å². The number of carboxylic acid groups (broad SMARTS) is 1. The first kappa shape index (κ1) is 24.2. The Kier molecular flexibility index (Phi) is 9.06. The van der Waals surface area contributed by atoms with E-state index in [4.69, 9.17) is 5.11 Å². The number of thiophene rings is 1. The van der Waals surface area contributed by atoms with Gasteiger partial charge < -0.3 is 15.1 Å². The first-order valence-electron chi connectivity index (χ1n) is 11.5. The average Bonchev–Trinajstić information content (AvgIpc) is 3.40. The summed E-state index contributed by atoms with van der Waals surface area (Å²) in [7, 11) is 0. The zero-order valence-corrected chi connectivity index (χ0v) is 19.5. The SMILES string of the molecule is CC(CCCc1ccccc1)C(O)C=CC1CCC(=O)N1CCCc1ccc(C(=O)O)s1. The number of aryl methyl sites for hydroxylation is 2. The molecule has 2 N–H and O–H groups in total. The molecule has 1 aromatic heterocycles. The molecule has 3 rings (SSSR count). The lowest BCUT2D eigenvalue weighted by atomic mass is 9.95. The summed E-state index contributed by atoms with van der Waals surface area (Å²) < 4.78 is 0. The molecule has 1 saturated heterocycles. The number of hydrogen-bond acceptors (Lipinski definition) is 4. The van der Waals surface area contributed by atoms with E-state index in [0.29, 0.717) is 17.8 Å². The van der Waals surface area contributed by atoms with Crippen LogP contribution in [0.15, 0.2) is 54.6 Å². The minimum absolute atomic E-state index is 0.0339. The van der Waals surface area contributed by atoms with E-state index >= 15 is 0 Å². The van der Waals surface area contributed by atoms with E-state index in [9.17, 15) is 14.7 Å². The van der Waals surface area contributed by atoms with Gasteiger partial charge in [-0.15, -0.1) is 11.3 Å². The number of amides is 1. The standard InChI is InChI=1S/C26H33NO4S/c1-19(7-5-10-20-8-3-2-4-9-20)23(28)15-12-21-13-17-25(29)27(21)18-6-11-22-14-16-24(32-22)26(30)31/h2-4,8-9,12,14-16,19,21,23,28H,5-7,10-11,13,17-18H2,1H3,(H,30,31). The van der Waals surface area contributed by atoms with Crippen LogP contribution in [0.4, 0.5) is 0 Å². The van der Waals surface area contributed by atoms with Gasteiger partial charge in [-0.3, -0.25) is 4.79 Å². The summed E-state index contributed by atoms with van der Waals surface area (Å²) in [5.74, 6) is -0.570. The van der Waals surface area contributed by atoms with Gasteiger partial charge in [0.25, 0.3) is 0 Å². The molecule has 1 aromatic carbocycles. The van der Waals surface area contributed by atoms with Crippen molar-refractivity contribution < 1.29 is 19.8 Å². The first-order valence-corrected chi connectivity index (χ1v) is 12.3. The summed E-state index contributed by atoms with van der Waals surface area (Å²) in [6.07, 6.45) is 9.25. The molecule has 1 amide bonds. The number of carbonyl (C=O) groups excluding carboxylic acids is 1. The Morgan fingerprint density at radius 3 is 2.69 bits per heavy atom. The van der Waals surface area contributed by atoms with Crippen molar-refractivity contribution in [2.75, 3.05) is 6.54 Å². The van der Waals surface area contributed by atoms with Gasteiger partial charge in [0.1, 0.15) is 4.88 Å². The number of carbonyl (C=O) groups is 2. The van der Waals surface area contributed by atoms with Crippen molar-refractivity contribution in [3.05, 3.63) is 69.9 Å². The predicted octanol–water partition coefficient (Wildman–Crippen LogP) is 4.95. The molecule has 0 aliphatic carbocycles. The van der Waals surface area contributed by atoms with Gasteiger partial charge in [0.15, 0.2) is 0 Å². The molecule has 5 nitrogen and oxygen atoms in total. The fourth-order valence-corrected chi connectivity index (χ4v) is 5.06. The summed E-state index contributed by atoms with van der Waals surface area (Å²) >= 11 is 1.30. The highest BCUT2D eigenvalue weighted by molar-refractivity contribution is 7.13. The third-order valence-corrected chi connectivity index (χ3v) is 7.28. The Balaban J connectivity index is 1.43. The topological polar surface area (TPSA) is 77.8 Å². The van der Waals surface area contributed by atoms with E-state index in [0.717, 1.165) is 43.4 Å². The highest BCUT2D eigenvalue weighted by Crippen LogP contribution is 2.23. The van der Waals surface area contributed by atoms with Crippen molar-refractivity contribution >= 4 is 23.2 Å². The number of carboxylic acids is 1. The Labute approximate surface area is 194 Å². The lowest BCUT2D eigenvalue weighted by Gasteiger charge is -2.23. The monoisotopic (exact) mass is 455 g/mol. The molecule has 1 aliphatic rings. The first-order chi connectivity index (χ1) is 15.4. The van der Waals surface area contributed by atoms with Gasteiger partial charge in [0.05, 0.1) is 12.1 Å². The number of nitrogens with zero attached hydrogens (tertiary/aromatic N) is 1. The zero-order chi connectivity index (χ0) is 22.9. The van der Waals surface area contributed by atoms with Crippen LogP contribution in [0.5, 0.6) is 0 Å². The van der Waals surface area contributed by atoms with Crippen molar-refractivity contribution in [2.24, 2.45) is 5.92 Å². The lowest BCUT2D eigenvalue weighted by molar-refractivity contribution is -0.128. The quantitative estimate of drug-likeness (QED) is 0.444. The number of aliphatic hydroxyl groups excluding tert-OH is 1. The van der Waals surface area contributed by atoms with Crippen LogP contribution in [0.2, 0.25) is 0 Å². The summed E-state index contributed by atoms with van der Waals surface area (Å²) in [6, 6.07) is 13.9. The number of benzene rings is 1. The molecule has 1 fully saturated rings. The smallest absolute Gasteiger partial charge is 0.345 e. The molecule has 3 atom stereocenters. The highest BCUT2D eigenvalue weighted by atomic mass is 32.1. The van der Waals surface area contributed by atoms with Gasteiger partial charge in [-0.05, 0) is 62.1 Å². The van der Waals surface area contributed by atoms with Crippen LogP contribution in [0.1, 0.15) is 59.1 Å². The predicted molar refractivity (Wildman–Crippen MR) is 128 cm³/mol. The molecule has 6 heteroatoms. The lowest BCUT2D eigenvalue weighted by Crippen LogP contribution is -2.33. The normalized spacial score (nSPS) is 18.4. The van der Waals surface area contributed by atoms with E-state index in [-0.39, 0.29) is 17.9 Å². The second kappa shape index (κ2) is 12.0. The largest absolute Gasteiger partial charge is 0.477 e. The van der Waals surface area contributed by atoms with Crippen LogP contribution >= 0.6 is 11.3 Å². The molecule has 2 heterocycles. The Bertz CT molecular complexity index is 908. The molecule has 0 saturated carbocycles. The van der Waals surface area contributed by atoms with Gasteiger partial charge in [0, 0.05) is 17.8 Å². The number of rotatable bonds is 12. The van der Waals surface area contributed by atoms with E-state index in [1.54, 1.807) is 6.07 Å². The second-order valence-corrected chi connectivity index (χ2v) is 9.77. The zero-order valence-electron chi connectivity index (χ0n) is 18.7. The van der Waals surface area contributed by atoms with Crippen LogP contribution in [-0.4, -0.2) is 45.7 Å². The van der Waals surface area contributed by atoms with Crippen molar-refractivity contribution in [1.29, 1.82) is 0 Å². The van der Waals surface area contributed by atoms with Crippen LogP contribution in [-0.2, 0) is 17.6 Å². The number of hydrogen-bond donors (Lipinski definition) is 2. The summed E-state index contributed by atoms with van der Waals surface area (Å²) in [5, 5.41) is 19.6. The highest BCUT2D eigenvalue weighted by Gasteiger charge is 2.28. The Morgan fingerprint density at radius 2 is 1.97 bits per heavy atom. The van der Waals surface area contributed by atoms with E-state index < -0.39 is 12.1 Å². The van der Waals surface area contributed by atoms with Crippen molar-refractivity contribution in [1.82, 2.24) is 4.90 Å². The molecular weight excluding hydrogens is 422 g/mol. The van der Waals surface area contributed by atoms with Crippen LogP contribution < -0.4 is 0 Å². The molecule has 32 heavy (non-hydrogen) atoms. The minimum atomic E-state index is -0.894. The maximum absolute atomic E-state index is 12.3. The summed E-state index contributed by atoms with van der Waals surface area (Å²) in [5.41, 5.74) is 1.33. The maximum Gasteiger partial charge on any atom is 0.345 e. The number of aromatic carboxylic acids is 1. The Morgan fingerprint density at radius 1 is 1.19 bits per heavy atom.